The first-order valence-electron chi connectivity index (χ1n) is 3.95. The molecule has 0 radical (unpaired) electrons. The summed E-state index contributed by atoms with van der Waals surface area (Å²) in [7, 11) is 0. The maximum absolute atomic E-state index is 10.3. The highest BCUT2D eigenvalue weighted by molar-refractivity contribution is 5.85. The fourth-order valence-corrected chi connectivity index (χ4v) is 0.754. The van der Waals surface area contributed by atoms with Crippen LogP contribution in [0.25, 0.3) is 0 Å². The summed E-state index contributed by atoms with van der Waals surface area (Å²) in [6, 6.07) is 2.04. The van der Waals surface area contributed by atoms with E-state index >= 15 is 0 Å². The van der Waals surface area contributed by atoms with Crippen LogP contribution in [0.3, 0.4) is 0 Å². The number of carboxylic acid groups (broad SMARTS) is 1. The number of nitrogens with zero attached hydrogens (tertiary/aromatic N) is 1. The van der Waals surface area contributed by atoms with Gasteiger partial charge in [0.05, 0.1) is 6.07 Å². The minimum absolute atomic E-state index is 0.381. The van der Waals surface area contributed by atoms with Gasteiger partial charge in [-0.3, -0.25) is 0 Å². The lowest BCUT2D eigenvalue weighted by Crippen LogP contribution is -1.95. The average Bonchev–Trinajstić information content (AvgIpc) is 2.03. The summed E-state index contributed by atoms with van der Waals surface area (Å²) in [6.45, 7) is 1.58. The lowest BCUT2D eigenvalue weighted by atomic mass is 10.1. The van der Waals surface area contributed by atoms with Gasteiger partial charge in [0.2, 0.25) is 0 Å². The molecule has 0 fully saturated rings. The Bertz CT molecular complexity index is 213. The largest absolute Gasteiger partial charge is 0.478 e. The molecule has 0 heterocycles. The molecule has 0 aromatic heterocycles. The van der Waals surface area contributed by atoms with Crippen LogP contribution in [0.1, 0.15) is 32.6 Å². The second-order valence-electron chi connectivity index (χ2n) is 2.60. The third-order valence-electron chi connectivity index (χ3n) is 1.53. The fraction of sp³-hybridized carbons (Fsp3) is 0.556. The Hall–Kier alpha value is -1.30. The van der Waals surface area contributed by atoms with Crippen LogP contribution >= 0.6 is 0 Å². The molecule has 0 saturated carbocycles. The van der Waals surface area contributed by atoms with Crippen molar-refractivity contribution < 1.29 is 9.90 Å². The summed E-state index contributed by atoms with van der Waals surface area (Å²) in [5.41, 5.74) is 0.381. The first-order valence-corrected chi connectivity index (χ1v) is 3.95. The highest BCUT2D eigenvalue weighted by Crippen LogP contribution is 2.02. The Labute approximate surface area is 72.3 Å². The van der Waals surface area contributed by atoms with Crippen LogP contribution in [0.15, 0.2) is 11.6 Å². The summed E-state index contributed by atoms with van der Waals surface area (Å²) in [6.07, 6.45) is 4.73. The first-order chi connectivity index (χ1) is 5.68. The lowest BCUT2D eigenvalue weighted by Gasteiger charge is -1.93. The Kier molecular flexibility index (Phi) is 5.72. The molecule has 0 bridgehead atoms. The van der Waals surface area contributed by atoms with E-state index in [9.17, 15) is 4.79 Å². The topological polar surface area (TPSA) is 61.1 Å². The molecule has 0 atom stereocenters. The van der Waals surface area contributed by atoms with E-state index in [1.165, 1.54) is 0 Å². The minimum Gasteiger partial charge on any atom is -0.478 e. The van der Waals surface area contributed by atoms with Gasteiger partial charge in [-0.2, -0.15) is 5.26 Å². The molecule has 0 saturated heterocycles. The zero-order chi connectivity index (χ0) is 9.40. The molecule has 0 unspecified atom stereocenters. The van der Waals surface area contributed by atoms with E-state index in [1.807, 2.05) is 6.07 Å². The quantitative estimate of drug-likeness (QED) is 0.503. The number of hydrogen-bond acceptors (Lipinski definition) is 2. The van der Waals surface area contributed by atoms with Gasteiger partial charge in [0.15, 0.2) is 0 Å². The van der Waals surface area contributed by atoms with Gasteiger partial charge < -0.3 is 5.11 Å². The number of nitriles is 1. The van der Waals surface area contributed by atoms with Gasteiger partial charge in [0.25, 0.3) is 0 Å². The van der Waals surface area contributed by atoms with Crippen molar-refractivity contribution >= 4 is 5.97 Å². The maximum Gasteiger partial charge on any atom is 0.330 e. The zero-order valence-electron chi connectivity index (χ0n) is 7.21. The molecule has 0 aliphatic heterocycles. The van der Waals surface area contributed by atoms with Crippen molar-refractivity contribution in [3.05, 3.63) is 11.6 Å². The predicted octanol–water partition coefficient (Wildman–Crippen LogP) is 2.10. The second kappa shape index (κ2) is 6.41. The van der Waals surface area contributed by atoms with E-state index in [4.69, 9.17) is 10.4 Å². The van der Waals surface area contributed by atoms with Crippen molar-refractivity contribution in [1.82, 2.24) is 0 Å². The third-order valence-corrected chi connectivity index (χ3v) is 1.53. The molecule has 0 aliphatic rings. The van der Waals surface area contributed by atoms with Crippen LogP contribution in [0.2, 0.25) is 0 Å². The highest BCUT2D eigenvalue weighted by atomic mass is 16.4. The van der Waals surface area contributed by atoms with Crippen LogP contribution in [-0.2, 0) is 4.79 Å². The second-order valence-corrected chi connectivity index (χ2v) is 2.60. The van der Waals surface area contributed by atoms with E-state index in [0.29, 0.717) is 12.0 Å². The molecular formula is C9H13NO2. The van der Waals surface area contributed by atoms with Crippen molar-refractivity contribution in [1.29, 1.82) is 5.26 Å². The van der Waals surface area contributed by atoms with Gasteiger partial charge in [0.1, 0.15) is 0 Å². The third kappa shape index (κ3) is 5.48. The normalized spacial score (nSPS) is 10.8. The van der Waals surface area contributed by atoms with Gasteiger partial charge in [-0.15, -0.1) is 0 Å². The van der Waals surface area contributed by atoms with Crippen LogP contribution < -0.4 is 0 Å². The van der Waals surface area contributed by atoms with Gasteiger partial charge in [0, 0.05) is 12.0 Å². The van der Waals surface area contributed by atoms with Crippen LogP contribution in [-0.4, -0.2) is 11.1 Å². The van der Waals surface area contributed by atoms with E-state index in [-0.39, 0.29) is 0 Å². The van der Waals surface area contributed by atoms with Crippen LogP contribution in [0.4, 0.5) is 0 Å². The number of carbonyl (C=O) groups is 1. The Balaban J connectivity index is 3.48. The summed E-state index contributed by atoms with van der Waals surface area (Å²) in [5.74, 6) is -0.865. The van der Waals surface area contributed by atoms with Crippen molar-refractivity contribution in [2.24, 2.45) is 0 Å². The van der Waals surface area contributed by atoms with Gasteiger partial charge >= 0.3 is 5.97 Å². The molecule has 0 amide bonds. The van der Waals surface area contributed by atoms with Crippen LogP contribution in [0.5, 0.6) is 0 Å². The smallest absolute Gasteiger partial charge is 0.330 e. The molecular weight excluding hydrogens is 154 g/mol. The molecule has 1 N–H and O–H groups in total. The molecule has 3 nitrogen and oxygen atoms in total. The van der Waals surface area contributed by atoms with Crippen LogP contribution in [0, 0.1) is 11.3 Å². The molecule has 0 aliphatic carbocycles. The summed E-state index contributed by atoms with van der Waals surface area (Å²) in [4.78, 5) is 10.3. The molecule has 3 heteroatoms. The number of aliphatic carboxylic acids is 1. The standard InChI is InChI=1S/C9H13NO2/c1-8(9(11)12)6-4-2-3-5-7-10/h6H,2-5H2,1H3,(H,11,12). The molecule has 12 heavy (non-hydrogen) atoms. The minimum atomic E-state index is -0.865. The van der Waals surface area contributed by atoms with Gasteiger partial charge in [-0.25, -0.2) is 4.79 Å². The monoisotopic (exact) mass is 167 g/mol. The molecule has 0 aromatic carbocycles. The lowest BCUT2D eigenvalue weighted by molar-refractivity contribution is -0.132. The summed E-state index contributed by atoms with van der Waals surface area (Å²) >= 11 is 0. The number of unbranched alkanes of at least 4 members (excludes halogenated alkanes) is 3. The van der Waals surface area contributed by atoms with E-state index in [1.54, 1.807) is 13.0 Å². The number of rotatable bonds is 5. The maximum atomic E-state index is 10.3. The fourth-order valence-electron chi connectivity index (χ4n) is 0.754. The Morgan fingerprint density at radius 2 is 2.25 bits per heavy atom. The molecule has 0 aromatic rings. The van der Waals surface area contributed by atoms with E-state index in [2.05, 4.69) is 0 Å². The van der Waals surface area contributed by atoms with Crippen molar-refractivity contribution in [3.8, 4) is 6.07 Å². The highest BCUT2D eigenvalue weighted by Gasteiger charge is 1.97. The van der Waals surface area contributed by atoms with Crippen molar-refractivity contribution in [3.63, 3.8) is 0 Å². The summed E-state index contributed by atoms with van der Waals surface area (Å²) in [5, 5.41) is 16.7. The van der Waals surface area contributed by atoms with Gasteiger partial charge in [-0.1, -0.05) is 6.08 Å². The van der Waals surface area contributed by atoms with Crippen molar-refractivity contribution in [2.75, 3.05) is 0 Å². The number of allylic oxidation sites excluding steroid dienone is 1. The Morgan fingerprint density at radius 3 is 2.75 bits per heavy atom. The predicted molar refractivity (Wildman–Crippen MR) is 45.5 cm³/mol. The van der Waals surface area contributed by atoms with Crippen molar-refractivity contribution in [2.45, 2.75) is 32.6 Å². The zero-order valence-corrected chi connectivity index (χ0v) is 7.21. The summed E-state index contributed by atoms with van der Waals surface area (Å²) < 4.78 is 0. The first kappa shape index (κ1) is 10.7. The Morgan fingerprint density at radius 1 is 1.58 bits per heavy atom. The molecule has 0 rings (SSSR count). The molecule has 0 spiro atoms. The molecule has 66 valence electrons. The average molecular weight is 167 g/mol. The number of hydrogen-bond donors (Lipinski definition) is 1. The SMILES string of the molecule is CC(=CCCCCC#N)C(=O)O. The van der Waals surface area contributed by atoms with Gasteiger partial charge in [-0.05, 0) is 26.2 Å². The number of carboxylic acids is 1. The van der Waals surface area contributed by atoms with E-state index < -0.39 is 5.97 Å². The van der Waals surface area contributed by atoms with E-state index in [0.717, 1.165) is 19.3 Å².